The summed E-state index contributed by atoms with van der Waals surface area (Å²) in [5, 5.41) is 8.93. The Morgan fingerprint density at radius 3 is 2.88 bits per heavy atom. The van der Waals surface area contributed by atoms with Crippen molar-refractivity contribution in [3.63, 3.8) is 0 Å². The molecular weight excluding hydrogens is 202 g/mol. The van der Waals surface area contributed by atoms with Crippen molar-refractivity contribution in [1.82, 2.24) is 4.90 Å². The average Bonchev–Trinajstić information content (AvgIpc) is 2.70. The first kappa shape index (κ1) is 11.1. The number of hydrogen-bond donors (Lipinski definition) is 1. The van der Waals surface area contributed by atoms with E-state index in [2.05, 4.69) is 24.0 Å². The molecule has 1 heterocycles. The molecule has 0 spiro atoms. The standard InChI is InChI=1S/C13H17NO2/c1-10-4-2-3-5-11(10)8-14-7-6-12(9-14)13(15)16/h2-5,12H,6-9H2,1H3,(H,15,16)/t12-/m1/s1. The third-order valence-electron chi connectivity index (χ3n) is 3.28. The van der Waals surface area contributed by atoms with E-state index >= 15 is 0 Å². The fourth-order valence-electron chi connectivity index (χ4n) is 2.21. The highest BCUT2D eigenvalue weighted by molar-refractivity contribution is 5.70. The molecule has 0 unspecified atom stereocenters. The van der Waals surface area contributed by atoms with Gasteiger partial charge in [-0.1, -0.05) is 24.3 Å². The minimum Gasteiger partial charge on any atom is -0.481 e. The number of carboxylic acid groups (broad SMARTS) is 1. The maximum absolute atomic E-state index is 10.8. The Bertz CT molecular complexity index is 389. The molecule has 2 rings (SSSR count). The zero-order valence-electron chi connectivity index (χ0n) is 9.52. The second kappa shape index (κ2) is 4.66. The van der Waals surface area contributed by atoms with E-state index in [0.717, 1.165) is 19.5 Å². The van der Waals surface area contributed by atoms with E-state index in [1.807, 2.05) is 12.1 Å². The van der Waals surface area contributed by atoms with E-state index in [1.54, 1.807) is 0 Å². The number of aryl methyl sites for hydroxylation is 1. The molecule has 1 aromatic carbocycles. The van der Waals surface area contributed by atoms with Crippen LogP contribution in [0.1, 0.15) is 17.5 Å². The van der Waals surface area contributed by atoms with Crippen molar-refractivity contribution in [3.8, 4) is 0 Å². The summed E-state index contributed by atoms with van der Waals surface area (Å²) >= 11 is 0. The molecule has 0 saturated carbocycles. The van der Waals surface area contributed by atoms with Gasteiger partial charge in [-0.25, -0.2) is 0 Å². The molecule has 1 fully saturated rings. The van der Waals surface area contributed by atoms with Gasteiger partial charge < -0.3 is 5.11 Å². The molecule has 1 aromatic rings. The van der Waals surface area contributed by atoms with Crippen molar-refractivity contribution in [2.24, 2.45) is 5.92 Å². The molecule has 86 valence electrons. The second-order valence-corrected chi connectivity index (χ2v) is 4.49. The van der Waals surface area contributed by atoms with Gasteiger partial charge in [0.15, 0.2) is 0 Å². The smallest absolute Gasteiger partial charge is 0.307 e. The highest BCUT2D eigenvalue weighted by atomic mass is 16.4. The van der Waals surface area contributed by atoms with Crippen LogP contribution in [0, 0.1) is 12.8 Å². The lowest BCUT2D eigenvalue weighted by molar-refractivity contribution is -0.141. The summed E-state index contributed by atoms with van der Waals surface area (Å²) in [4.78, 5) is 13.1. The molecule has 3 nitrogen and oxygen atoms in total. The van der Waals surface area contributed by atoms with Crippen LogP contribution in [0.3, 0.4) is 0 Å². The van der Waals surface area contributed by atoms with Crippen LogP contribution >= 0.6 is 0 Å². The lowest BCUT2D eigenvalue weighted by Crippen LogP contribution is -2.23. The summed E-state index contributed by atoms with van der Waals surface area (Å²) in [5.74, 6) is -0.837. The van der Waals surface area contributed by atoms with E-state index < -0.39 is 5.97 Å². The number of aliphatic carboxylic acids is 1. The zero-order chi connectivity index (χ0) is 11.5. The number of carbonyl (C=O) groups is 1. The van der Waals surface area contributed by atoms with Gasteiger partial charge in [0, 0.05) is 13.1 Å². The monoisotopic (exact) mass is 219 g/mol. The molecule has 0 radical (unpaired) electrons. The van der Waals surface area contributed by atoms with Gasteiger partial charge in [-0.05, 0) is 31.0 Å². The SMILES string of the molecule is Cc1ccccc1CN1CC[C@@H](C(=O)O)C1. The third kappa shape index (κ3) is 2.42. The Morgan fingerprint density at radius 1 is 1.50 bits per heavy atom. The molecule has 1 aliphatic heterocycles. The van der Waals surface area contributed by atoms with Crippen LogP contribution in [0.4, 0.5) is 0 Å². The molecular formula is C13H17NO2. The van der Waals surface area contributed by atoms with Crippen molar-refractivity contribution in [2.75, 3.05) is 13.1 Å². The van der Waals surface area contributed by atoms with Gasteiger partial charge in [0.2, 0.25) is 0 Å². The first-order valence-electron chi connectivity index (χ1n) is 5.66. The van der Waals surface area contributed by atoms with E-state index in [4.69, 9.17) is 5.11 Å². The first-order valence-corrected chi connectivity index (χ1v) is 5.66. The fourth-order valence-corrected chi connectivity index (χ4v) is 2.21. The maximum atomic E-state index is 10.8. The lowest BCUT2D eigenvalue weighted by atomic mass is 10.1. The molecule has 0 aromatic heterocycles. The Morgan fingerprint density at radius 2 is 2.25 bits per heavy atom. The highest BCUT2D eigenvalue weighted by Gasteiger charge is 2.27. The molecule has 1 N–H and O–H groups in total. The largest absolute Gasteiger partial charge is 0.481 e. The summed E-state index contributed by atoms with van der Waals surface area (Å²) in [6, 6.07) is 8.28. The van der Waals surface area contributed by atoms with Crippen molar-refractivity contribution in [1.29, 1.82) is 0 Å². The van der Waals surface area contributed by atoms with Crippen LogP contribution in [0.15, 0.2) is 24.3 Å². The quantitative estimate of drug-likeness (QED) is 0.844. The predicted molar refractivity (Wildman–Crippen MR) is 62.2 cm³/mol. The Kier molecular flexibility index (Phi) is 3.25. The summed E-state index contributed by atoms with van der Waals surface area (Å²) in [5.41, 5.74) is 2.58. The highest BCUT2D eigenvalue weighted by Crippen LogP contribution is 2.19. The Hall–Kier alpha value is -1.35. The average molecular weight is 219 g/mol. The van der Waals surface area contributed by atoms with E-state index in [9.17, 15) is 4.79 Å². The van der Waals surface area contributed by atoms with Crippen LogP contribution in [0.2, 0.25) is 0 Å². The van der Waals surface area contributed by atoms with Crippen molar-refractivity contribution in [2.45, 2.75) is 19.9 Å². The van der Waals surface area contributed by atoms with E-state index in [1.165, 1.54) is 11.1 Å². The first-order chi connectivity index (χ1) is 7.66. The van der Waals surface area contributed by atoms with Crippen molar-refractivity contribution in [3.05, 3.63) is 35.4 Å². The third-order valence-corrected chi connectivity index (χ3v) is 3.28. The topological polar surface area (TPSA) is 40.5 Å². The normalized spacial score (nSPS) is 21.2. The Balaban J connectivity index is 1.97. The van der Waals surface area contributed by atoms with Gasteiger partial charge in [0.05, 0.1) is 5.92 Å². The number of rotatable bonds is 3. The second-order valence-electron chi connectivity index (χ2n) is 4.49. The van der Waals surface area contributed by atoms with Gasteiger partial charge in [-0.3, -0.25) is 9.69 Å². The lowest BCUT2D eigenvalue weighted by Gasteiger charge is -2.16. The summed E-state index contributed by atoms with van der Waals surface area (Å²) < 4.78 is 0. The number of nitrogens with zero attached hydrogens (tertiary/aromatic N) is 1. The molecule has 1 saturated heterocycles. The van der Waals surface area contributed by atoms with Gasteiger partial charge in [0.1, 0.15) is 0 Å². The van der Waals surface area contributed by atoms with Crippen LogP contribution in [-0.4, -0.2) is 29.1 Å². The van der Waals surface area contributed by atoms with Crippen molar-refractivity contribution >= 4 is 5.97 Å². The van der Waals surface area contributed by atoms with E-state index in [0.29, 0.717) is 6.54 Å². The minimum absolute atomic E-state index is 0.177. The molecule has 16 heavy (non-hydrogen) atoms. The molecule has 1 aliphatic rings. The van der Waals surface area contributed by atoms with Gasteiger partial charge in [-0.2, -0.15) is 0 Å². The molecule has 3 heteroatoms. The number of hydrogen-bond acceptors (Lipinski definition) is 2. The van der Waals surface area contributed by atoms with E-state index in [-0.39, 0.29) is 5.92 Å². The number of benzene rings is 1. The summed E-state index contributed by atoms with van der Waals surface area (Å²) in [6.45, 7) is 4.55. The molecule has 0 aliphatic carbocycles. The Labute approximate surface area is 95.7 Å². The van der Waals surface area contributed by atoms with Gasteiger partial charge in [0.25, 0.3) is 0 Å². The molecule has 0 amide bonds. The fraction of sp³-hybridized carbons (Fsp3) is 0.462. The summed E-state index contributed by atoms with van der Waals surface area (Å²) in [7, 11) is 0. The van der Waals surface area contributed by atoms with Gasteiger partial charge >= 0.3 is 5.97 Å². The molecule has 1 atom stereocenters. The number of carboxylic acids is 1. The van der Waals surface area contributed by atoms with Crippen LogP contribution in [0.5, 0.6) is 0 Å². The molecule has 0 bridgehead atoms. The summed E-state index contributed by atoms with van der Waals surface area (Å²) in [6.07, 6.45) is 0.779. The minimum atomic E-state index is -0.660. The van der Waals surface area contributed by atoms with Crippen molar-refractivity contribution < 1.29 is 9.90 Å². The van der Waals surface area contributed by atoms with Crippen LogP contribution in [0.25, 0.3) is 0 Å². The van der Waals surface area contributed by atoms with Crippen LogP contribution < -0.4 is 0 Å². The van der Waals surface area contributed by atoms with Gasteiger partial charge in [-0.15, -0.1) is 0 Å². The maximum Gasteiger partial charge on any atom is 0.307 e. The zero-order valence-corrected chi connectivity index (χ0v) is 9.52. The predicted octanol–water partition coefficient (Wildman–Crippen LogP) is 1.90. The number of likely N-dealkylation sites (tertiary alicyclic amines) is 1. The van der Waals surface area contributed by atoms with Crippen LogP contribution in [-0.2, 0) is 11.3 Å².